The summed E-state index contributed by atoms with van der Waals surface area (Å²) in [6.07, 6.45) is -2.40. The molecule has 1 aliphatic rings. The number of anilines is 1. The first-order valence-corrected chi connectivity index (χ1v) is 8.65. The molecule has 28 heavy (non-hydrogen) atoms. The van der Waals surface area contributed by atoms with Crippen molar-refractivity contribution in [1.82, 2.24) is 15.2 Å². The molecule has 146 valence electrons. The van der Waals surface area contributed by atoms with E-state index in [0.29, 0.717) is 42.3 Å². The van der Waals surface area contributed by atoms with Gasteiger partial charge in [-0.3, -0.25) is 4.98 Å². The quantitative estimate of drug-likeness (QED) is 0.698. The molecular formula is C19H17F3N4O2. The Bertz CT molecular complexity index is 1050. The molecule has 4 rings (SSSR count). The maximum Gasteiger partial charge on any atom is 0.416 e. The van der Waals surface area contributed by atoms with Crippen LogP contribution in [0.15, 0.2) is 36.5 Å². The van der Waals surface area contributed by atoms with Crippen molar-refractivity contribution in [3.05, 3.63) is 42.1 Å². The summed E-state index contributed by atoms with van der Waals surface area (Å²) >= 11 is 0. The van der Waals surface area contributed by atoms with E-state index in [-0.39, 0.29) is 11.3 Å². The lowest BCUT2D eigenvalue weighted by molar-refractivity contribution is -0.137. The molecule has 2 N–H and O–H groups in total. The summed E-state index contributed by atoms with van der Waals surface area (Å²) < 4.78 is 38.6. The Hall–Kier alpha value is -2.94. The molecule has 3 aromatic rings. The van der Waals surface area contributed by atoms with Crippen LogP contribution in [0, 0.1) is 0 Å². The molecule has 9 heteroatoms. The largest absolute Gasteiger partial charge is 0.507 e. The third kappa shape index (κ3) is 3.22. The average Bonchev–Trinajstić information content (AvgIpc) is 3.00. The molecule has 6 nitrogen and oxygen atoms in total. The number of aliphatic hydroxyl groups is 1. The lowest BCUT2D eigenvalue weighted by atomic mass is 10.0. The molecule has 1 fully saturated rings. The molecule has 1 atom stereocenters. The smallest absolute Gasteiger partial charge is 0.416 e. The molecule has 1 saturated heterocycles. The topological polar surface area (TPSA) is 82.4 Å². The molecular weight excluding hydrogens is 373 g/mol. The van der Waals surface area contributed by atoms with Crippen molar-refractivity contribution >= 4 is 16.7 Å². The molecule has 0 spiro atoms. The monoisotopic (exact) mass is 390 g/mol. The fourth-order valence-electron chi connectivity index (χ4n) is 3.42. The second kappa shape index (κ2) is 6.30. The lowest BCUT2D eigenvalue weighted by Crippen LogP contribution is -2.30. The minimum absolute atomic E-state index is 0.137. The zero-order valence-corrected chi connectivity index (χ0v) is 14.9. The van der Waals surface area contributed by atoms with Gasteiger partial charge in [-0.05, 0) is 43.7 Å². The van der Waals surface area contributed by atoms with E-state index in [9.17, 15) is 23.4 Å². The highest BCUT2D eigenvalue weighted by molar-refractivity contribution is 5.98. The van der Waals surface area contributed by atoms with E-state index in [1.54, 1.807) is 25.3 Å². The van der Waals surface area contributed by atoms with Gasteiger partial charge in [0, 0.05) is 30.2 Å². The van der Waals surface area contributed by atoms with Crippen LogP contribution in [0.5, 0.6) is 5.75 Å². The summed E-state index contributed by atoms with van der Waals surface area (Å²) in [7, 11) is 0. The standard InChI is InChI=1S/C19H17F3N4O2/c1-18(28)6-8-26(10-18)17-16-13(3-2-7-23-16)15(24-25-17)12-5-4-11(9-14(12)27)19(20,21)22/h2-5,7,9,27-28H,6,8,10H2,1H3. The first-order valence-electron chi connectivity index (χ1n) is 8.65. The van der Waals surface area contributed by atoms with Gasteiger partial charge >= 0.3 is 6.18 Å². The highest BCUT2D eigenvalue weighted by Crippen LogP contribution is 2.39. The van der Waals surface area contributed by atoms with Crippen LogP contribution in [0.2, 0.25) is 0 Å². The Balaban J connectivity index is 1.83. The number of hydrogen-bond acceptors (Lipinski definition) is 6. The number of fused-ring (bicyclic) bond motifs is 1. The predicted octanol–water partition coefficient (Wildman–Crippen LogP) is 3.38. The molecule has 0 aliphatic carbocycles. The van der Waals surface area contributed by atoms with E-state index >= 15 is 0 Å². The molecule has 1 aliphatic heterocycles. The minimum Gasteiger partial charge on any atom is -0.507 e. The number of phenolic OH excluding ortho intramolecular Hbond substituents is 1. The first kappa shape index (κ1) is 18.4. The number of aromatic nitrogens is 3. The van der Waals surface area contributed by atoms with Crippen LogP contribution < -0.4 is 4.90 Å². The molecule has 1 aromatic carbocycles. The number of nitrogens with zero attached hydrogens (tertiary/aromatic N) is 4. The summed E-state index contributed by atoms with van der Waals surface area (Å²) in [5.74, 6) is -0.0466. The zero-order chi connectivity index (χ0) is 20.1. The Labute approximate surface area is 158 Å². The Morgan fingerprint density at radius 1 is 1.18 bits per heavy atom. The third-order valence-corrected chi connectivity index (χ3v) is 4.85. The summed E-state index contributed by atoms with van der Waals surface area (Å²) in [6.45, 7) is 2.70. The van der Waals surface area contributed by atoms with Gasteiger partial charge in [0.05, 0.1) is 11.2 Å². The van der Waals surface area contributed by atoms with Crippen molar-refractivity contribution in [2.75, 3.05) is 18.0 Å². The molecule has 0 bridgehead atoms. The van der Waals surface area contributed by atoms with Crippen molar-refractivity contribution in [2.24, 2.45) is 0 Å². The second-order valence-corrected chi connectivity index (χ2v) is 7.17. The summed E-state index contributed by atoms with van der Waals surface area (Å²) in [5.41, 5.74) is -0.903. The molecule has 2 aromatic heterocycles. The van der Waals surface area contributed by atoms with E-state index in [1.807, 2.05) is 4.90 Å². The lowest BCUT2D eigenvalue weighted by Gasteiger charge is -2.21. The van der Waals surface area contributed by atoms with E-state index < -0.39 is 23.1 Å². The number of pyridine rings is 1. The van der Waals surface area contributed by atoms with Crippen LogP contribution in [-0.2, 0) is 6.18 Å². The number of hydrogen-bond donors (Lipinski definition) is 2. The number of benzene rings is 1. The number of phenols is 1. The Morgan fingerprint density at radius 3 is 2.61 bits per heavy atom. The summed E-state index contributed by atoms with van der Waals surface area (Å²) in [6, 6.07) is 6.14. The van der Waals surface area contributed by atoms with Gasteiger partial charge in [0.15, 0.2) is 5.82 Å². The normalized spacial score (nSPS) is 20.1. The van der Waals surface area contributed by atoms with Gasteiger partial charge in [-0.25, -0.2) is 0 Å². The van der Waals surface area contributed by atoms with Crippen LogP contribution in [0.25, 0.3) is 22.2 Å². The second-order valence-electron chi connectivity index (χ2n) is 7.17. The maximum absolute atomic E-state index is 12.9. The fourth-order valence-corrected chi connectivity index (χ4v) is 3.42. The minimum atomic E-state index is -4.55. The Morgan fingerprint density at radius 2 is 1.96 bits per heavy atom. The molecule has 0 saturated carbocycles. The van der Waals surface area contributed by atoms with Crippen molar-refractivity contribution in [3.63, 3.8) is 0 Å². The Kier molecular flexibility index (Phi) is 4.15. The van der Waals surface area contributed by atoms with Crippen LogP contribution in [0.3, 0.4) is 0 Å². The van der Waals surface area contributed by atoms with Crippen molar-refractivity contribution < 1.29 is 23.4 Å². The van der Waals surface area contributed by atoms with Gasteiger partial charge in [0.1, 0.15) is 17.0 Å². The van der Waals surface area contributed by atoms with Crippen LogP contribution in [-0.4, -0.2) is 44.1 Å². The summed E-state index contributed by atoms with van der Waals surface area (Å²) in [4.78, 5) is 6.23. The van der Waals surface area contributed by atoms with Crippen LogP contribution in [0.1, 0.15) is 18.9 Å². The van der Waals surface area contributed by atoms with Crippen LogP contribution in [0.4, 0.5) is 19.0 Å². The SMILES string of the molecule is CC1(O)CCN(c2nnc(-c3ccc(C(F)(F)F)cc3O)c3cccnc23)C1. The number of rotatable bonds is 2. The van der Waals surface area contributed by atoms with Gasteiger partial charge < -0.3 is 15.1 Å². The van der Waals surface area contributed by atoms with E-state index in [0.717, 1.165) is 6.07 Å². The predicted molar refractivity (Wildman–Crippen MR) is 96.9 cm³/mol. The highest BCUT2D eigenvalue weighted by Gasteiger charge is 2.34. The number of halogens is 3. The van der Waals surface area contributed by atoms with Crippen molar-refractivity contribution in [1.29, 1.82) is 0 Å². The number of alkyl halides is 3. The highest BCUT2D eigenvalue weighted by atomic mass is 19.4. The average molecular weight is 390 g/mol. The molecule has 0 amide bonds. The van der Waals surface area contributed by atoms with E-state index in [1.165, 1.54) is 6.07 Å². The van der Waals surface area contributed by atoms with Gasteiger partial charge in [0.25, 0.3) is 0 Å². The summed E-state index contributed by atoms with van der Waals surface area (Å²) in [5, 5.41) is 29.3. The third-order valence-electron chi connectivity index (χ3n) is 4.85. The first-order chi connectivity index (χ1) is 13.2. The van der Waals surface area contributed by atoms with Crippen molar-refractivity contribution in [2.45, 2.75) is 25.1 Å². The van der Waals surface area contributed by atoms with Crippen LogP contribution >= 0.6 is 0 Å². The van der Waals surface area contributed by atoms with Gasteiger partial charge in [0.2, 0.25) is 0 Å². The van der Waals surface area contributed by atoms with Gasteiger partial charge in [-0.2, -0.15) is 13.2 Å². The zero-order valence-electron chi connectivity index (χ0n) is 14.9. The molecule has 3 heterocycles. The van der Waals surface area contributed by atoms with Gasteiger partial charge in [-0.15, -0.1) is 10.2 Å². The number of β-amino-alcohol motifs (C(OH)–C–C–N with tert-alkyl or cyclic N) is 1. The van der Waals surface area contributed by atoms with E-state index in [4.69, 9.17) is 0 Å². The van der Waals surface area contributed by atoms with Crippen molar-refractivity contribution in [3.8, 4) is 17.0 Å². The maximum atomic E-state index is 12.9. The molecule has 1 unspecified atom stereocenters. The fraction of sp³-hybridized carbons (Fsp3) is 0.316. The molecule has 0 radical (unpaired) electrons. The van der Waals surface area contributed by atoms with Gasteiger partial charge in [-0.1, -0.05) is 0 Å². The number of aromatic hydroxyl groups is 1. The van der Waals surface area contributed by atoms with E-state index in [2.05, 4.69) is 15.2 Å².